The van der Waals surface area contributed by atoms with Crippen molar-refractivity contribution in [3.05, 3.63) is 75.4 Å². The number of amides is 1. The zero-order chi connectivity index (χ0) is 19.4. The van der Waals surface area contributed by atoms with Gasteiger partial charge in [0.15, 0.2) is 0 Å². The lowest BCUT2D eigenvalue weighted by molar-refractivity contribution is -0.142. The Morgan fingerprint density at radius 2 is 2.00 bits per heavy atom. The number of rotatable bonds is 5. The second kappa shape index (κ2) is 8.50. The summed E-state index contributed by atoms with van der Waals surface area (Å²) in [6.07, 6.45) is 1.81. The number of aromatic nitrogens is 1. The van der Waals surface area contributed by atoms with Crippen LogP contribution in [0.15, 0.2) is 59.2 Å². The molecule has 0 saturated carbocycles. The lowest BCUT2D eigenvalue weighted by Crippen LogP contribution is -2.43. The third-order valence-corrected chi connectivity index (χ3v) is 5.13. The quantitative estimate of drug-likeness (QED) is 0.596. The number of esters is 1. The molecular weight excluding hydrogens is 432 g/mol. The lowest BCUT2D eigenvalue weighted by atomic mass is 10.0. The minimum Gasteiger partial charge on any atom is -0.467 e. The summed E-state index contributed by atoms with van der Waals surface area (Å²) < 4.78 is 5.66. The van der Waals surface area contributed by atoms with Gasteiger partial charge in [-0.3, -0.25) is 9.78 Å². The minimum atomic E-state index is -0.857. The van der Waals surface area contributed by atoms with Gasteiger partial charge in [0.1, 0.15) is 6.04 Å². The van der Waals surface area contributed by atoms with Gasteiger partial charge in [-0.1, -0.05) is 45.7 Å². The van der Waals surface area contributed by atoms with Crippen molar-refractivity contribution in [3.8, 4) is 0 Å². The summed E-state index contributed by atoms with van der Waals surface area (Å²) in [5, 5.41) is 4.02. The molecule has 0 spiro atoms. The number of benzene rings is 2. The smallest absolute Gasteiger partial charge is 0.328 e. The molecule has 1 N–H and O–H groups in total. The number of hydrogen-bond acceptors (Lipinski definition) is 4. The second-order valence-electron chi connectivity index (χ2n) is 5.86. The molecule has 1 atom stereocenters. The molecule has 2 aromatic carbocycles. The van der Waals surface area contributed by atoms with E-state index in [0.29, 0.717) is 21.5 Å². The summed E-state index contributed by atoms with van der Waals surface area (Å²) in [4.78, 5) is 29.3. The fourth-order valence-corrected chi connectivity index (χ4v) is 3.39. The molecule has 7 heteroatoms. The van der Waals surface area contributed by atoms with Crippen LogP contribution in [0.5, 0.6) is 0 Å². The molecule has 5 nitrogen and oxygen atoms in total. The minimum absolute atomic E-state index is 0.239. The Hall–Kier alpha value is -2.44. The molecule has 1 amide bonds. The maximum Gasteiger partial charge on any atom is 0.328 e. The topological polar surface area (TPSA) is 68.3 Å². The number of pyridine rings is 1. The van der Waals surface area contributed by atoms with Gasteiger partial charge in [-0.05, 0) is 35.9 Å². The van der Waals surface area contributed by atoms with Gasteiger partial charge >= 0.3 is 5.97 Å². The number of hydrogen-bond donors (Lipinski definition) is 1. The van der Waals surface area contributed by atoms with E-state index in [2.05, 4.69) is 26.2 Å². The fraction of sp³-hybridized carbons (Fsp3) is 0.150. The first-order chi connectivity index (χ1) is 13.0. The first-order valence-corrected chi connectivity index (χ1v) is 9.33. The van der Waals surface area contributed by atoms with E-state index in [1.165, 1.54) is 7.11 Å². The molecule has 3 aromatic rings. The van der Waals surface area contributed by atoms with Crippen LogP contribution in [0.1, 0.15) is 15.9 Å². The first kappa shape index (κ1) is 19.3. The molecule has 1 aromatic heterocycles. The Morgan fingerprint density at radius 1 is 1.22 bits per heavy atom. The summed E-state index contributed by atoms with van der Waals surface area (Å²) in [6.45, 7) is 0. The maximum atomic E-state index is 12.8. The predicted molar refractivity (Wildman–Crippen MR) is 108 cm³/mol. The number of fused-ring (bicyclic) bond motifs is 1. The number of para-hydroxylation sites is 1. The van der Waals surface area contributed by atoms with Crippen LogP contribution in [0.3, 0.4) is 0 Å². The number of nitrogens with one attached hydrogen (secondary N) is 1. The molecule has 0 fully saturated rings. The molecule has 0 aliphatic carbocycles. The van der Waals surface area contributed by atoms with Crippen molar-refractivity contribution in [2.75, 3.05) is 7.11 Å². The highest BCUT2D eigenvalue weighted by Gasteiger charge is 2.24. The molecule has 0 saturated heterocycles. The molecular formula is C20H16BrClN2O3. The SMILES string of the molecule is COC(=O)[C@@H](Cc1cc(Cl)ccc1Br)NC(=O)c1ccnc2ccccc12. The fourth-order valence-electron chi connectivity index (χ4n) is 2.79. The van der Waals surface area contributed by atoms with Crippen molar-refractivity contribution in [1.82, 2.24) is 10.3 Å². The zero-order valence-electron chi connectivity index (χ0n) is 14.4. The van der Waals surface area contributed by atoms with Crippen LogP contribution in [0.2, 0.25) is 5.02 Å². The zero-order valence-corrected chi connectivity index (χ0v) is 16.8. The number of nitrogens with zero attached hydrogens (tertiary/aromatic N) is 1. The van der Waals surface area contributed by atoms with Crippen LogP contribution >= 0.6 is 27.5 Å². The van der Waals surface area contributed by atoms with Crippen LogP contribution in [-0.4, -0.2) is 30.0 Å². The van der Waals surface area contributed by atoms with Gasteiger partial charge < -0.3 is 10.1 Å². The summed E-state index contributed by atoms with van der Waals surface area (Å²) >= 11 is 9.49. The van der Waals surface area contributed by atoms with Gasteiger partial charge in [-0.2, -0.15) is 0 Å². The van der Waals surface area contributed by atoms with Gasteiger partial charge in [0.25, 0.3) is 5.91 Å². The highest BCUT2D eigenvalue weighted by Crippen LogP contribution is 2.23. The molecule has 0 unspecified atom stereocenters. The Bertz CT molecular complexity index is 1000. The van der Waals surface area contributed by atoms with Crippen LogP contribution in [-0.2, 0) is 16.0 Å². The van der Waals surface area contributed by atoms with E-state index in [4.69, 9.17) is 16.3 Å². The van der Waals surface area contributed by atoms with Gasteiger partial charge in [-0.15, -0.1) is 0 Å². The van der Waals surface area contributed by atoms with E-state index in [9.17, 15) is 9.59 Å². The number of carbonyl (C=O) groups is 2. The number of ether oxygens (including phenoxy) is 1. The highest BCUT2D eigenvalue weighted by molar-refractivity contribution is 9.10. The van der Waals surface area contributed by atoms with Crippen LogP contribution in [0, 0.1) is 0 Å². The summed E-state index contributed by atoms with van der Waals surface area (Å²) in [6, 6.07) is 13.4. The first-order valence-electron chi connectivity index (χ1n) is 8.16. The average Bonchev–Trinajstić information content (AvgIpc) is 2.69. The van der Waals surface area contributed by atoms with Crippen LogP contribution in [0.25, 0.3) is 10.9 Å². The van der Waals surface area contributed by atoms with Crippen molar-refractivity contribution in [1.29, 1.82) is 0 Å². The molecule has 0 aliphatic rings. The van der Waals surface area contributed by atoms with Crippen molar-refractivity contribution in [2.45, 2.75) is 12.5 Å². The second-order valence-corrected chi connectivity index (χ2v) is 7.16. The summed E-state index contributed by atoms with van der Waals surface area (Å²) in [5.41, 5.74) is 1.94. The predicted octanol–water partition coefficient (Wildman–Crippen LogP) is 4.16. The standard InChI is InChI=1S/C20H16BrClN2O3/c1-27-20(26)18(11-12-10-13(22)6-7-16(12)21)24-19(25)15-8-9-23-17-5-3-2-4-14(15)17/h2-10,18H,11H2,1H3,(H,24,25)/t18-/m1/s1. The Balaban J connectivity index is 1.89. The van der Waals surface area contributed by atoms with Crippen molar-refractivity contribution in [2.24, 2.45) is 0 Å². The van der Waals surface area contributed by atoms with Crippen molar-refractivity contribution in [3.63, 3.8) is 0 Å². The van der Waals surface area contributed by atoms with Gasteiger partial charge in [0.2, 0.25) is 0 Å². The lowest BCUT2D eigenvalue weighted by Gasteiger charge is -2.18. The molecule has 0 radical (unpaired) electrons. The van der Waals surface area contributed by atoms with Crippen molar-refractivity contribution < 1.29 is 14.3 Å². The van der Waals surface area contributed by atoms with Crippen LogP contribution in [0.4, 0.5) is 0 Å². The Morgan fingerprint density at radius 3 is 2.78 bits per heavy atom. The number of carbonyl (C=O) groups excluding carboxylic acids is 2. The van der Waals surface area contributed by atoms with E-state index >= 15 is 0 Å². The molecule has 1 heterocycles. The maximum absolute atomic E-state index is 12.8. The van der Waals surface area contributed by atoms with E-state index in [1.54, 1.807) is 30.5 Å². The Labute approximate surface area is 169 Å². The summed E-state index contributed by atoms with van der Waals surface area (Å²) in [5.74, 6) is -0.907. The Kier molecular flexibility index (Phi) is 6.08. The van der Waals surface area contributed by atoms with Crippen molar-refractivity contribution >= 4 is 50.3 Å². The van der Waals surface area contributed by atoms with Gasteiger partial charge in [-0.25, -0.2) is 4.79 Å². The van der Waals surface area contributed by atoms with Gasteiger partial charge in [0, 0.05) is 27.5 Å². The van der Waals surface area contributed by atoms with E-state index in [1.807, 2.05) is 24.3 Å². The number of halogens is 2. The van der Waals surface area contributed by atoms with E-state index < -0.39 is 12.0 Å². The average molecular weight is 448 g/mol. The molecule has 27 heavy (non-hydrogen) atoms. The van der Waals surface area contributed by atoms with Gasteiger partial charge in [0.05, 0.1) is 18.2 Å². The number of methoxy groups -OCH3 is 1. The normalized spacial score (nSPS) is 11.8. The largest absolute Gasteiger partial charge is 0.467 e. The third kappa shape index (κ3) is 4.46. The monoisotopic (exact) mass is 446 g/mol. The third-order valence-electron chi connectivity index (χ3n) is 4.12. The van der Waals surface area contributed by atoms with E-state index in [-0.39, 0.29) is 12.3 Å². The molecule has 0 bridgehead atoms. The molecule has 3 rings (SSSR count). The highest BCUT2D eigenvalue weighted by atomic mass is 79.9. The summed E-state index contributed by atoms with van der Waals surface area (Å²) in [7, 11) is 1.29. The van der Waals surface area contributed by atoms with E-state index in [0.717, 1.165) is 10.0 Å². The molecule has 138 valence electrons. The van der Waals surface area contributed by atoms with Crippen LogP contribution < -0.4 is 5.32 Å². The molecule has 0 aliphatic heterocycles.